The van der Waals surface area contributed by atoms with Gasteiger partial charge < -0.3 is 14.8 Å². The Kier molecular flexibility index (Phi) is 3.16. The van der Waals surface area contributed by atoms with Gasteiger partial charge in [-0.1, -0.05) is 5.16 Å². The molecule has 0 spiro atoms. The molecule has 0 saturated carbocycles. The lowest BCUT2D eigenvalue weighted by Gasteiger charge is -2.00. The standard InChI is InChI=1S/C16H14N6O2/c1-8-5-10-11(6-9(8)2)20-15(19-10)14-12(7-17-22-14)21-16(23)13-3-4-18-24-13/h3-7H,1-2H3,(H,17,22)(H,19,20)(H,21,23). The van der Waals surface area contributed by atoms with Crippen molar-refractivity contribution in [3.8, 4) is 11.5 Å². The van der Waals surface area contributed by atoms with Crippen LogP contribution in [0.5, 0.6) is 0 Å². The van der Waals surface area contributed by atoms with E-state index in [1.165, 1.54) is 23.4 Å². The molecule has 0 bridgehead atoms. The quantitative estimate of drug-likeness (QED) is 0.537. The van der Waals surface area contributed by atoms with E-state index in [2.05, 4.69) is 30.6 Å². The molecule has 0 atom stereocenters. The number of rotatable bonds is 3. The van der Waals surface area contributed by atoms with Gasteiger partial charge in [0.25, 0.3) is 5.91 Å². The zero-order chi connectivity index (χ0) is 16.7. The Morgan fingerprint density at radius 2 is 2.08 bits per heavy atom. The number of aryl methyl sites for hydroxylation is 2. The molecule has 0 aliphatic carbocycles. The molecular weight excluding hydrogens is 308 g/mol. The molecule has 0 fully saturated rings. The molecule has 0 aliphatic heterocycles. The topological polar surface area (TPSA) is 112 Å². The zero-order valence-electron chi connectivity index (χ0n) is 13.0. The van der Waals surface area contributed by atoms with E-state index in [4.69, 9.17) is 4.52 Å². The largest absolute Gasteiger partial charge is 0.351 e. The molecule has 0 unspecified atom stereocenters. The maximum Gasteiger partial charge on any atom is 0.294 e. The summed E-state index contributed by atoms with van der Waals surface area (Å²) in [6.45, 7) is 4.09. The lowest BCUT2D eigenvalue weighted by atomic mass is 10.1. The highest BCUT2D eigenvalue weighted by atomic mass is 16.5. The van der Waals surface area contributed by atoms with Crippen LogP contribution in [0.25, 0.3) is 22.6 Å². The molecule has 120 valence electrons. The number of amides is 1. The Bertz CT molecular complexity index is 989. The number of fused-ring (bicyclic) bond motifs is 1. The molecule has 8 heteroatoms. The zero-order valence-corrected chi connectivity index (χ0v) is 13.0. The third-order valence-corrected chi connectivity index (χ3v) is 3.87. The van der Waals surface area contributed by atoms with Crippen LogP contribution in [0.3, 0.4) is 0 Å². The normalized spacial score (nSPS) is 11.1. The number of nitrogens with one attached hydrogen (secondary N) is 3. The van der Waals surface area contributed by atoms with Gasteiger partial charge in [0.15, 0.2) is 11.5 Å². The summed E-state index contributed by atoms with van der Waals surface area (Å²) in [4.78, 5) is 19.9. The fraction of sp³-hybridized carbons (Fsp3) is 0.125. The number of nitrogens with zero attached hydrogens (tertiary/aromatic N) is 3. The highest BCUT2D eigenvalue weighted by Crippen LogP contribution is 2.26. The Morgan fingerprint density at radius 1 is 1.25 bits per heavy atom. The van der Waals surface area contributed by atoms with Crippen LogP contribution in [0.15, 0.2) is 35.1 Å². The number of imidazole rings is 1. The molecule has 1 aromatic carbocycles. The van der Waals surface area contributed by atoms with E-state index >= 15 is 0 Å². The molecule has 3 aromatic heterocycles. The number of aromatic nitrogens is 5. The molecule has 0 radical (unpaired) electrons. The van der Waals surface area contributed by atoms with E-state index in [-0.39, 0.29) is 5.76 Å². The summed E-state index contributed by atoms with van der Waals surface area (Å²) in [7, 11) is 0. The predicted octanol–water partition coefficient (Wildman–Crippen LogP) is 2.81. The van der Waals surface area contributed by atoms with Gasteiger partial charge in [-0.25, -0.2) is 4.98 Å². The van der Waals surface area contributed by atoms with Crippen LogP contribution in [0.2, 0.25) is 0 Å². The Hall–Kier alpha value is -3.42. The molecule has 0 aliphatic rings. The third-order valence-electron chi connectivity index (χ3n) is 3.87. The highest BCUT2D eigenvalue weighted by molar-refractivity contribution is 6.03. The number of carbonyl (C=O) groups excluding carboxylic acids is 1. The number of carbonyl (C=O) groups is 1. The first-order valence-corrected chi connectivity index (χ1v) is 7.35. The second-order valence-electron chi connectivity index (χ2n) is 5.52. The third kappa shape index (κ3) is 2.34. The van der Waals surface area contributed by atoms with Gasteiger partial charge >= 0.3 is 0 Å². The summed E-state index contributed by atoms with van der Waals surface area (Å²) < 4.78 is 4.85. The van der Waals surface area contributed by atoms with E-state index in [0.717, 1.165) is 11.0 Å². The van der Waals surface area contributed by atoms with Crippen LogP contribution >= 0.6 is 0 Å². The van der Waals surface area contributed by atoms with Crippen LogP contribution in [0.1, 0.15) is 21.7 Å². The lowest BCUT2D eigenvalue weighted by Crippen LogP contribution is -2.11. The Balaban J connectivity index is 1.70. The number of H-pyrrole nitrogens is 2. The summed E-state index contributed by atoms with van der Waals surface area (Å²) in [5.41, 5.74) is 5.14. The van der Waals surface area contributed by atoms with E-state index < -0.39 is 5.91 Å². The monoisotopic (exact) mass is 322 g/mol. The van der Waals surface area contributed by atoms with Crippen molar-refractivity contribution >= 4 is 22.6 Å². The lowest BCUT2D eigenvalue weighted by molar-refractivity contribution is 0.0988. The number of benzene rings is 1. The molecular formula is C16H14N6O2. The first-order valence-electron chi connectivity index (χ1n) is 7.35. The minimum absolute atomic E-state index is 0.123. The summed E-state index contributed by atoms with van der Waals surface area (Å²) in [6, 6.07) is 5.55. The molecule has 24 heavy (non-hydrogen) atoms. The van der Waals surface area contributed by atoms with Gasteiger partial charge in [-0.3, -0.25) is 9.89 Å². The summed E-state index contributed by atoms with van der Waals surface area (Å²) >= 11 is 0. The molecule has 0 saturated heterocycles. The van der Waals surface area contributed by atoms with Gasteiger partial charge in [-0.15, -0.1) is 0 Å². The maximum atomic E-state index is 12.1. The van der Waals surface area contributed by atoms with Gasteiger partial charge in [0.1, 0.15) is 0 Å². The molecule has 3 heterocycles. The van der Waals surface area contributed by atoms with Gasteiger partial charge in [-0.2, -0.15) is 5.10 Å². The first-order chi connectivity index (χ1) is 11.6. The van der Waals surface area contributed by atoms with Crippen LogP contribution in [0, 0.1) is 13.8 Å². The number of aromatic amines is 2. The van der Waals surface area contributed by atoms with Crippen LogP contribution < -0.4 is 5.32 Å². The number of hydrogen-bond acceptors (Lipinski definition) is 5. The SMILES string of the molecule is Cc1cc2nc(-c3n[nH]cc3NC(=O)c3ccno3)[nH]c2cc1C. The van der Waals surface area contributed by atoms with E-state index in [0.29, 0.717) is 17.2 Å². The predicted molar refractivity (Wildman–Crippen MR) is 87.6 cm³/mol. The van der Waals surface area contributed by atoms with Crippen molar-refractivity contribution in [2.75, 3.05) is 5.32 Å². The second kappa shape index (κ2) is 5.34. The van der Waals surface area contributed by atoms with Crippen molar-refractivity contribution in [1.29, 1.82) is 0 Å². The smallest absolute Gasteiger partial charge is 0.294 e. The molecule has 3 N–H and O–H groups in total. The van der Waals surface area contributed by atoms with E-state index in [1.807, 2.05) is 26.0 Å². The fourth-order valence-electron chi connectivity index (χ4n) is 2.46. The molecule has 8 nitrogen and oxygen atoms in total. The molecule has 4 aromatic rings. The van der Waals surface area contributed by atoms with Crippen molar-refractivity contribution in [2.45, 2.75) is 13.8 Å². The first kappa shape index (κ1) is 14.2. The Morgan fingerprint density at radius 3 is 2.88 bits per heavy atom. The Labute approximate surface area is 136 Å². The highest BCUT2D eigenvalue weighted by Gasteiger charge is 2.17. The van der Waals surface area contributed by atoms with E-state index in [9.17, 15) is 4.79 Å². The van der Waals surface area contributed by atoms with Gasteiger partial charge in [0.05, 0.1) is 22.9 Å². The average molecular weight is 322 g/mol. The van der Waals surface area contributed by atoms with Gasteiger partial charge in [-0.05, 0) is 37.1 Å². The molecule has 4 rings (SSSR count). The summed E-state index contributed by atoms with van der Waals surface area (Å²) in [5.74, 6) is 0.292. The van der Waals surface area contributed by atoms with Crippen molar-refractivity contribution < 1.29 is 9.32 Å². The fourth-order valence-corrected chi connectivity index (χ4v) is 2.46. The summed E-state index contributed by atoms with van der Waals surface area (Å²) in [6.07, 6.45) is 3.00. The van der Waals surface area contributed by atoms with E-state index in [1.54, 1.807) is 6.20 Å². The van der Waals surface area contributed by atoms with Crippen LogP contribution in [-0.2, 0) is 0 Å². The van der Waals surface area contributed by atoms with Gasteiger partial charge in [0, 0.05) is 12.3 Å². The van der Waals surface area contributed by atoms with Crippen molar-refractivity contribution in [2.24, 2.45) is 0 Å². The van der Waals surface area contributed by atoms with Crippen LogP contribution in [0.4, 0.5) is 5.69 Å². The van der Waals surface area contributed by atoms with Crippen LogP contribution in [-0.4, -0.2) is 31.2 Å². The van der Waals surface area contributed by atoms with Crippen molar-refractivity contribution in [1.82, 2.24) is 25.3 Å². The number of anilines is 1. The molecule has 1 amide bonds. The average Bonchev–Trinajstić information content (AvgIpc) is 3.26. The van der Waals surface area contributed by atoms with Crippen molar-refractivity contribution in [3.05, 3.63) is 47.5 Å². The maximum absolute atomic E-state index is 12.1. The second-order valence-corrected chi connectivity index (χ2v) is 5.52. The van der Waals surface area contributed by atoms with Crippen molar-refractivity contribution in [3.63, 3.8) is 0 Å². The minimum Gasteiger partial charge on any atom is -0.351 e. The minimum atomic E-state index is -0.405. The van der Waals surface area contributed by atoms with Gasteiger partial charge in [0.2, 0.25) is 5.76 Å². The summed E-state index contributed by atoms with van der Waals surface area (Å²) in [5, 5.41) is 13.2. The number of hydrogen-bond donors (Lipinski definition) is 3.